The standard InChI is InChI=1S/C18H20N4O6S/c23-21(24)16-3-1-15(2-4-16)9-10-19-11-13-20(14-12-19)29(27,28)18-7-5-17(6-8-18)22(25)26/h1-8H,9-14H2. The Morgan fingerprint density at radius 1 is 0.793 bits per heavy atom. The minimum atomic E-state index is -3.69. The number of benzene rings is 2. The molecule has 1 aliphatic rings. The van der Waals surface area contributed by atoms with Crippen LogP contribution in [0.2, 0.25) is 0 Å². The average Bonchev–Trinajstić information content (AvgIpc) is 2.73. The van der Waals surface area contributed by atoms with Crippen LogP contribution in [0.1, 0.15) is 5.56 Å². The quantitative estimate of drug-likeness (QED) is 0.495. The van der Waals surface area contributed by atoms with E-state index in [0.29, 0.717) is 32.6 Å². The summed E-state index contributed by atoms with van der Waals surface area (Å²) in [6, 6.07) is 11.3. The van der Waals surface area contributed by atoms with Crippen LogP contribution in [0, 0.1) is 20.2 Å². The van der Waals surface area contributed by atoms with E-state index in [1.54, 1.807) is 12.1 Å². The Morgan fingerprint density at radius 3 is 1.76 bits per heavy atom. The fraction of sp³-hybridized carbons (Fsp3) is 0.333. The smallest absolute Gasteiger partial charge is 0.269 e. The largest absolute Gasteiger partial charge is 0.300 e. The Kier molecular flexibility index (Phi) is 6.20. The summed E-state index contributed by atoms with van der Waals surface area (Å²) in [6.45, 7) is 2.53. The lowest BCUT2D eigenvalue weighted by atomic mass is 10.1. The molecule has 0 amide bonds. The van der Waals surface area contributed by atoms with Gasteiger partial charge in [-0.2, -0.15) is 4.31 Å². The molecule has 0 saturated carbocycles. The molecule has 11 heteroatoms. The Bertz CT molecular complexity index is 984. The van der Waals surface area contributed by atoms with Crippen LogP contribution in [0.15, 0.2) is 53.4 Å². The molecular weight excluding hydrogens is 400 g/mol. The second kappa shape index (κ2) is 8.64. The zero-order valence-electron chi connectivity index (χ0n) is 15.5. The summed E-state index contributed by atoms with van der Waals surface area (Å²) >= 11 is 0. The van der Waals surface area contributed by atoms with Crippen LogP contribution in [-0.2, 0) is 16.4 Å². The number of piperazine rings is 1. The number of nitrogens with zero attached hydrogens (tertiary/aromatic N) is 4. The van der Waals surface area contributed by atoms with Gasteiger partial charge in [-0.1, -0.05) is 12.1 Å². The maximum Gasteiger partial charge on any atom is 0.269 e. The zero-order chi connectivity index (χ0) is 21.0. The topological polar surface area (TPSA) is 127 Å². The molecule has 29 heavy (non-hydrogen) atoms. The van der Waals surface area contributed by atoms with E-state index in [9.17, 15) is 28.6 Å². The molecule has 0 N–H and O–H groups in total. The SMILES string of the molecule is O=[N+]([O-])c1ccc(CCN2CCN(S(=O)(=O)c3ccc([N+](=O)[O-])cc3)CC2)cc1. The number of rotatable bonds is 7. The molecule has 154 valence electrons. The van der Waals surface area contributed by atoms with Crippen molar-refractivity contribution < 1.29 is 18.3 Å². The summed E-state index contributed by atoms with van der Waals surface area (Å²) in [7, 11) is -3.69. The van der Waals surface area contributed by atoms with E-state index in [2.05, 4.69) is 4.90 Å². The van der Waals surface area contributed by atoms with E-state index in [1.807, 2.05) is 0 Å². The summed E-state index contributed by atoms with van der Waals surface area (Å²) < 4.78 is 26.8. The highest BCUT2D eigenvalue weighted by molar-refractivity contribution is 7.89. The average molecular weight is 420 g/mol. The predicted molar refractivity (Wildman–Crippen MR) is 105 cm³/mol. The number of nitro benzene ring substituents is 2. The molecule has 3 rings (SSSR count). The molecule has 0 aliphatic carbocycles. The molecule has 1 saturated heterocycles. The second-order valence-corrected chi connectivity index (χ2v) is 8.61. The fourth-order valence-electron chi connectivity index (χ4n) is 3.15. The van der Waals surface area contributed by atoms with Crippen molar-refractivity contribution in [2.24, 2.45) is 0 Å². The van der Waals surface area contributed by atoms with Gasteiger partial charge in [-0.3, -0.25) is 20.2 Å². The maximum atomic E-state index is 12.7. The number of sulfonamides is 1. The van der Waals surface area contributed by atoms with Crippen molar-refractivity contribution in [3.63, 3.8) is 0 Å². The van der Waals surface area contributed by atoms with E-state index < -0.39 is 19.9 Å². The summed E-state index contributed by atoms with van der Waals surface area (Å²) in [5, 5.41) is 21.4. The first-order valence-corrected chi connectivity index (χ1v) is 10.4. The Morgan fingerprint density at radius 2 is 1.28 bits per heavy atom. The van der Waals surface area contributed by atoms with Crippen molar-refractivity contribution in [2.45, 2.75) is 11.3 Å². The lowest BCUT2D eigenvalue weighted by Gasteiger charge is -2.34. The molecule has 2 aromatic carbocycles. The molecule has 0 radical (unpaired) electrons. The molecular formula is C18H20N4O6S. The van der Waals surface area contributed by atoms with Crippen molar-refractivity contribution >= 4 is 21.4 Å². The highest BCUT2D eigenvalue weighted by atomic mass is 32.2. The molecule has 1 heterocycles. The van der Waals surface area contributed by atoms with E-state index in [1.165, 1.54) is 40.7 Å². The van der Waals surface area contributed by atoms with Gasteiger partial charge in [0.25, 0.3) is 11.4 Å². The third kappa shape index (κ3) is 4.94. The van der Waals surface area contributed by atoms with E-state index in [0.717, 1.165) is 12.1 Å². The number of nitro groups is 2. The van der Waals surface area contributed by atoms with Gasteiger partial charge in [-0.05, 0) is 24.1 Å². The van der Waals surface area contributed by atoms with Crippen molar-refractivity contribution in [3.05, 3.63) is 74.3 Å². The van der Waals surface area contributed by atoms with Crippen LogP contribution >= 0.6 is 0 Å². The fourth-order valence-corrected chi connectivity index (χ4v) is 4.58. The number of hydrogen-bond acceptors (Lipinski definition) is 7. The minimum Gasteiger partial charge on any atom is -0.300 e. The summed E-state index contributed by atoms with van der Waals surface area (Å²) in [5.74, 6) is 0. The van der Waals surface area contributed by atoms with Gasteiger partial charge in [-0.15, -0.1) is 0 Å². The van der Waals surface area contributed by atoms with Crippen LogP contribution in [-0.4, -0.2) is 60.2 Å². The monoisotopic (exact) mass is 420 g/mol. The first-order chi connectivity index (χ1) is 13.8. The second-order valence-electron chi connectivity index (χ2n) is 6.67. The van der Waals surface area contributed by atoms with Gasteiger partial charge in [0.1, 0.15) is 0 Å². The van der Waals surface area contributed by atoms with E-state index in [-0.39, 0.29) is 16.3 Å². The van der Waals surface area contributed by atoms with Crippen molar-refractivity contribution in [3.8, 4) is 0 Å². The van der Waals surface area contributed by atoms with E-state index >= 15 is 0 Å². The minimum absolute atomic E-state index is 0.0439. The first kappa shape index (κ1) is 20.8. The Labute approximate surface area is 167 Å². The predicted octanol–water partition coefficient (Wildman–Crippen LogP) is 2.05. The first-order valence-electron chi connectivity index (χ1n) is 8.97. The van der Waals surface area contributed by atoms with Gasteiger partial charge in [0.15, 0.2) is 0 Å². The van der Waals surface area contributed by atoms with Gasteiger partial charge in [-0.25, -0.2) is 8.42 Å². The van der Waals surface area contributed by atoms with Gasteiger partial charge < -0.3 is 4.90 Å². The molecule has 0 unspecified atom stereocenters. The summed E-state index contributed by atoms with van der Waals surface area (Å²) in [5.41, 5.74) is 0.885. The molecule has 0 bridgehead atoms. The highest BCUT2D eigenvalue weighted by Gasteiger charge is 2.28. The third-order valence-electron chi connectivity index (χ3n) is 4.88. The molecule has 0 spiro atoms. The molecule has 0 atom stereocenters. The van der Waals surface area contributed by atoms with Crippen LogP contribution in [0.4, 0.5) is 11.4 Å². The third-order valence-corrected chi connectivity index (χ3v) is 6.79. The maximum absolute atomic E-state index is 12.7. The van der Waals surface area contributed by atoms with Crippen LogP contribution in [0.25, 0.3) is 0 Å². The highest BCUT2D eigenvalue weighted by Crippen LogP contribution is 2.21. The van der Waals surface area contributed by atoms with Gasteiger partial charge in [0, 0.05) is 57.0 Å². The Balaban J connectivity index is 1.54. The molecule has 1 fully saturated rings. The van der Waals surface area contributed by atoms with Gasteiger partial charge in [0.2, 0.25) is 10.0 Å². The van der Waals surface area contributed by atoms with Crippen LogP contribution < -0.4 is 0 Å². The molecule has 2 aromatic rings. The normalized spacial score (nSPS) is 15.9. The van der Waals surface area contributed by atoms with Gasteiger partial charge >= 0.3 is 0 Å². The zero-order valence-corrected chi connectivity index (χ0v) is 16.3. The van der Waals surface area contributed by atoms with Crippen LogP contribution in [0.5, 0.6) is 0 Å². The lowest BCUT2D eigenvalue weighted by Crippen LogP contribution is -2.48. The van der Waals surface area contributed by atoms with Crippen LogP contribution in [0.3, 0.4) is 0 Å². The van der Waals surface area contributed by atoms with Gasteiger partial charge in [0.05, 0.1) is 14.7 Å². The number of non-ortho nitro benzene ring substituents is 2. The Hall–Kier alpha value is -2.89. The van der Waals surface area contributed by atoms with E-state index in [4.69, 9.17) is 0 Å². The summed E-state index contributed by atoms with van der Waals surface area (Å²) in [4.78, 5) is 22.6. The number of hydrogen-bond donors (Lipinski definition) is 0. The van der Waals surface area contributed by atoms with Crippen molar-refractivity contribution in [2.75, 3.05) is 32.7 Å². The van der Waals surface area contributed by atoms with Crippen molar-refractivity contribution in [1.82, 2.24) is 9.21 Å². The summed E-state index contributed by atoms with van der Waals surface area (Å²) in [6.07, 6.45) is 0.715. The molecule has 10 nitrogen and oxygen atoms in total. The molecule has 0 aromatic heterocycles. The van der Waals surface area contributed by atoms with Crippen molar-refractivity contribution in [1.29, 1.82) is 0 Å². The lowest BCUT2D eigenvalue weighted by molar-refractivity contribution is -0.385. The molecule has 1 aliphatic heterocycles.